The van der Waals surface area contributed by atoms with Crippen molar-refractivity contribution in [3.8, 4) is 28.3 Å². The third kappa shape index (κ3) is 2.32. The first kappa shape index (κ1) is 14.2. The molecule has 0 aliphatic carbocycles. The molecule has 0 saturated carbocycles. The largest absolute Gasteiger partial charge is 0.496 e. The summed E-state index contributed by atoms with van der Waals surface area (Å²) in [6, 6.07) is 8.92. The van der Waals surface area contributed by atoms with Crippen LogP contribution in [0.4, 0.5) is 8.78 Å². The van der Waals surface area contributed by atoms with E-state index in [2.05, 4.69) is 10.2 Å². The minimum atomic E-state index is -0.518. The van der Waals surface area contributed by atoms with Gasteiger partial charge in [-0.1, -0.05) is 18.2 Å². The summed E-state index contributed by atoms with van der Waals surface area (Å²) in [4.78, 5) is 0. The Labute approximate surface area is 126 Å². The average molecular weight is 301 g/mol. The summed E-state index contributed by atoms with van der Waals surface area (Å²) in [5, 5.41) is 7.62. The predicted molar refractivity (Wildman–Crippen MR) is 78.3 cm³/mol. The quantitative estimate of drug-likeness (QED) is 0.744. The molecule has 0 spiro atoms. The Kier molecular flexibility index (Phi) is 3.58. The van der Waals surface area contributed by atoms with E-state index in [1.54, 1.807) is 29.8 Å². The van der Waals surface area contributed by atoms with E-state index >= 15 is 0 Å². The molecule has 0 unspecified atom stereocenters. The fourth-order valence-electron chi connectivity index (χ4n) is 2.31. The number of aromatic nitrogens is 3. The van der Waals surface area contributed by atoms with Gasteiger partial charge in [-0.15, -0.1) is 10.2 Å². The van der Waals surface area contributed by atoms with Crippen LogP contribution in [-0.4, -0.2) is 21.9 Å². The summed E-state index contributed by atoms with van der Waals surface area (Å²) in [6.45, 7) is 0. The molecule has 0 bridgehead atoms. The molecule has 112 valence electrons. The molecule has 0 fully saturated rings. The molecule has 4 nitrogen and oxygen atoms in total. The lowest BCUT2D eigenvalue weighted by molar-refractivity contribution is 0.415. The maximum absolute atomic E-state index is 14.5. The first-order chi connectivity index (χ1) is 10.6. The van der Waals surface area contributed by atoms with Gasteiger partial charge in [-0.05, 0) is 18.2 Å². The van der Waals surface area contributed by atoms with Crippen molar-refractivity contribution in [1.29, 1.82) is 0 Å². The lowest BCUT2D eigenvalue weighted by Crippen LogP contribution is -1.98. The second-order valence-corrected chi connectivity index (χ2v) is 4.78. The van der Waals surface area contributed by atoms with Gasteiger partial charge in [-0.3, -0.25) is 0 Å². The number of nitrogens with zero attached hydrogens (tertiary/aromatic N) is 3. The minimum absolute atomic E-state index is 0.247. The van der Waals surface area contributed by atoms with Crippen molar-refractivity contribution in [2.75, 3.05) is 7.11 Å². The number of ether oxygens (including phenoxy) is 1. The number of hydrogen-bond acceptors (Lipinski definition) is 3. The van der Waals surface area contributed by atoms with Gasteiger partial charge >= 0.3 is 0 Å². The topological polar surface area (TPSA) is 39.9 Å². The molecule has 3 rings (SSSR count). The number of hydrogen-bond donors (Lipinski definition) is 0. The highest BCUT2D eigenvalue weighted by Gasteiger charge is 2.18. The molecule has 1 aromatic heterocycles. The first-order valence-corrected chi connectivity index (χ1v) is 6.58. The number of methoxy groups -OCH3 is 1. The maximum Gasteiger partial charge on any atom is 0.166 e. The van der Waals surface area contributed by atoms with Crippen LogP contribution in [0.3, 0.4) is 0 Å². The summed E-state index contributed by atoms with van der Waals surface area (Å²) in [5.41, 5.74) is 0.878. The highest BCUT2D eigenvalue weighted by Crippen LogP contribution is 2.36. The molecule has 1 heterocycles. The third-order valence-corrected chi connectivity index (χ3v) is 3.41. The van der Waals surface area contributed by atoms with Gasteiger partial charge in [0, 0.05) is 18.2 Å². The lowest BCUT2D eigenvalue weighted by Gasteiger charge is -2.12. The van der Waals surface area contributed by atoms with Gasteiger partial charge < -0.3 is 9.30 Å². The van der Waals surface area contributed by atoms with Crippen LogP contribution in [-0.2, 0) is 7.05 Å². The van der Waals surface area contributed by atoms with Crippen molar-refractivity contribution in [3.63, 3.8) is 0 Å². The van der Waals surface area contributed by atoms with Gasteiger partial charge in [0.2, 0.25) is 0 Å². The van der Waals surface area contributed by atoms with Crippen LogP contribution in [0.1, 0.15) is 0 Å². The monoisotopic (exact) mass is 301 g/mol. The van der Waals surface area contributed by atoms with E-state index in [1.165, 1.54) is 31.6 Å². The standard InChI is InChI=1S/C16H13F2N3O/c1-21-9-19-20-16(21)12-8-15(22-2)11(7-14(12)18)10-5-3-4-6-13(10)17/h3-9H,1-2H3. The first-order valence-electron chi connectivity index (χ1n) is 6.58. The van der Waals surface area contributed by atoms with Crippen LogP contribution in [0, 0.1) is 11.6 Å². The van der Waals surface area contributed by atoms with E-state index in [0.29, 0.717) is 17.1 Å². The van der Waals surface area contributed by atoms with Crippen LogP contribution >= 0.6 is 0 Å². The molecule has 0 atom stereocenters. The van der Waals surface area contributed by atoms with Crippen LogP contribution in [0.2, 0.25) is 0 Å². The number of benzene rings is 2. The molecule has 22 heavy (non-hydrogen) atoms. The smallest absolute Gasteiger partial charge is 0.166 e. The summed E-state index contributed by atoms with van der Waals surface area (Å²) in [6.07, 6.45) is 1.48. The normalized spacial score (nSPS) is 10.7. The van der Waals surface area contributed by atoms with Crippen molar-refractivity contribution < 1.29 is 13.5 Å². The zero-order chi connectivity index (χ0) is 15.7. The van der Waals surface area contributed by atoms with Crippen molar-refractivity contribution >= 4 is 0 Å². The highest BCUT2D eigenvalue weighted by molar-refractivity contribution is 5.75. The molecule has 2 aromatic carbocycles. The van der Waals surface area contributed by atoms with Crippen LogP contribution < -0.4 is 4.74 Å². The molecule has 0 amide bonds. The van der Waals surface area contributed by atoms with E-state index in [-0.39, 0.29) is 11.1 Å². The van der Waals surface area contributed by atoms with E-state index in [4.69, 9.17) is 4.74 Å². The Hall–Kier alpha value is -2.76. The van der Waals surface area contributed by atoms with Gasteiger partial charge in [0.15, 0.2) is 5.82 Å². The third-order valence-electron chi connectivity index (χ3n) is 3.41. The molecule has 0 aliphatic heterocycles. The summed E-state index contributed by atoms with van der Waals surface area (Å²) in [5.74, 6) is -0.220. The molecule has 3 aromatic rings. The molecular formula is C16H13F2N3O. The number of aryl methyl sites for hydroxylation is 1. The Morgan fingerprint density at radius 2 is 1.77 bits per heavy atom. The highest BCUT2D eigenvalue weighted by atomic mass is 19.1. The average Bonchev–Trinajstić information content (AvgIpc) is 2.93. The molecule has 0 N–H and O–H groups in total. The predicted octanol–water partition coefficient (Wildman–Crippen LogP) is 3.44. The maximum atomic E-state index is 14.5. The zero-order valence-corrected chi connectivity index (χ0v) is 12.0. The van der Waals surface area contributed by atoms with Gasteiger partial charge in [0.05, 0.1) is 12.7 Å². The van der Waals surface area contributed by atoms with Crippen molar-refractivity contribution in [2.24, 2.45) is 7.05 Å². The Morgan fingerprint density at radius 3 is 2.41 bits per heavy atom. The van der Waals surface area contributed by atoms with Crippen LogP contribution in [0.25, 0.3) is 22.5 Å². The molecule has 0 radical (unpaired) electrons. The summed E-state index contributed by atoms with van der Waals surface area (Å²) >= 11 is 0. The van der Waals surface area contributed by atoms with Crippen LogP contribution in [0.15, 0.2) is 42.7 Å². The van der Waals surface area contributed by atoms with Gasteiger partial charge in [0.1, 0.15) is 23.7 Å². The van der Waals surface area contributed by atoms with E-state index < -0.39 is 11.6 Å². The molecular weight excluding hydrogens is 288 g/mol. The Morgan fingerprint density at radius 1 is 1.00 bits per heavy atom. The SMILES string of the molecule is COc1cc(-c2nncn2C)c(F)cc1-c1ccccc1F. The van der Waals surface area contributed by atoms with E-state index in [9.17, 15) is 8.78 Å². The van der Waals surface area contributed by atoms with Crippen LogP contribution in [0.5, 0.6) is 5.75 Å². The number of halogens is 2. The van der Waals surface area contributed by atoms with Crippen molar-refractivity contribution in [2.45, 2.75) is 0 Å². The Balaban J connectivity index is 2.21. The molecule has 6 heteroatoms. The van der Waals surface area contributed by atoms with E-state index in [0.717, 1.165) is 0 Å². The molecule has 0 aliphatic rings. The zero-order valence-electron chi connectivity index (χ0n) is 12.0. The van der Waals surface area contributed by atoms with Gasteiger partial charge in [-0.25, -0.2) is 8.78 Å². The van der Waals surface area contributed by atoms with Gasteiger partial charge in [-0.2, -0.15) is 0 Å². The number of rotatable bonds is 3. The van der Waals surface area contributed by atoms with E-state index in [1.807, 2.05) is 0 Å². The van der Waals surface area contributed by atoms with Crippen molar-refractivity contribution in [1.82, 2.24) is 14.8 Å². The fourth-order valence-corrected chi connectivity index (χ4v) is 2.31. The summed E-state index contributed by atoms with van der Waals surface area (Å²) in [7, 11) is 3.17. The second-order valence-electron chi connectivity index (χ2n) is 4.78. The summed E-state index contributed by atoms with van der Waals surface area (Å²) < 4.78 is 35.3. The fraction of sp³-hybridized carbons (Fsp3) is 0.125. The Bertz CT molecular complexity index is 830. The molecule has 0 saturated heterocycles. The van der Waals surface area contributed by atoms with Crippen molar-refractivity contribution in [3.05, 3.63) is 54.4 Å². The lowest BCUT2D eigenvalue weighted by atomic mass is 10.0. The second kappa shape index (κ2) is 5.55. The van der Waals surface area contributed by atoms with Gasteiger partial charge in [0.25, 0.3) is 0 Å². The minimum Gasteiger partial charge on any atom is -0.496 e.